The molecule has 1 aromatic heterocycles. The molecule has 0 aliphatic carbocycles. The van der Waals surface area contributed by atoms with Crippen molar-refractivity contribution in [3.63, 3.8) is 0 Å². The third kappa shape index (κ3) is 4.97. The van der Waals surface area contributed by atoms with Gasteiger partial charge < -0.3 is 9.47 Å². The molecule has 0 fully saturated rings. The van der Waals surface area contributed by atoms with Crippen molar-refractivity contribution in [1.82, 2.24) is 4.98 Å². The molecule has 0 unspecified atom stereocenters. The number of benzene rings is 3. The fraction of sp³-hybridized carbons (Fsp3) is 0.154. The first-order valence-corrected chi connectivity index (χ1v) is 11.6. The quantitative estimate of drug-likeness (QED) is 0.210. The number of carbonyl (C=O) groups is 1. The first kappa shape index (κ1) is 23.1. The van der Waals surface area contributed by atoms with Crippen molar-refractivity contribution in [2.75, 3.05) is 7.11 Å². The van der Waals surface area contributed by atoms with Crippen molar-refractivity contribution in [3.05, 3.63) is 99.8 Å². The lowest BCUT2D eigenvalue weighted by molar-refractivity contribution is 0.0590. The van der Waals surface area contributed by atoms with E-state index in [2.05, 4.69) is 4.98 Å². The zero-order chi connectivity index (χ0) is 23.4. The molecule has 3 aromatic carbocycles. The first-order valence-electron chi connectivity index (χ1n) is 10.2. The molecule has 0 bridgehead atoms. The summed E-state index contributed by atoms with van der Waals surface area (Å²) in [6, 6.07) is 19.8. The highest BCUT2D eigenvalue weighted by Gasteiger charge is 2.24. The van der Waals surface area contributed by atoms with Crippen LogP contribution in [-0.2, 0) is 17.1 Å². The van der Waals surface area contributed by atoms with Crippen LogP contribution in [0.5, 0.6) is 5.75 Å². The van der Waals surface area contributed by atoms with Crippen LogP contribution in [0, 0.1) is 12.7 Å². The summed E-state index contributed by atoms with van der Waals surface area (Å²) in [5.41, 5.74) is 3.30. The average molecular weight is 482 g/mol. The molecule has 0 amide bonds. The molecular weight excluding hydrogens is 461 g/mol. The third-order valence-corrected chi connectivity index (χ3v) is 6.61. The van der Waals surface area contributed by atoms with Gasteiger partial charge in [0, 0.05) is 21.7 Å². The van der Waals surface area contributed by atoms with Crippen LogP contribution in [0.3, 0.4) is 0 Å². The van der Waals surface area contributed by atoms with Crippen LogP contribution in [0.25, 0.3) is 10.9 Å². The van der Waals surface area contributed by atoms with Crippen molar-refractivity contribution in [2.24, 2.45) is 0 Å². The normalized spacial score (nSPS) is 10.9. The molecule has 0 aliphatic heterocycles. The number of hydrogen-bond donors (Lipinski definition) is 0. The van der Waals surface area contributed by atoms with Crippen LogP contribution in [0.15, 0.2) is 71.8 Å². The number of para-hydroxylation sites is 1. The minimum atomic E-state index is -0.574. The lowest BCUT2D eigenvalue weighted by Crippen LogP contribution is -2.10. The second-order valence-electron chi connectivity index (χ2n) is 7.33. The predicted molar refractivity (Wildman–Crippen MR) is 130 cm³/mol. The number of methoxy groups -OCH3 is 1. The number of aromatic nitrogens is 1. The lowest BCUT2D eigenvalue weighted by Gasteiger charge is -2.17. The van der Waals surface area contributed by atoms with Crippen LogP contribution in [-0.4, -0.2) is 18.1 Å². The standard InChI is InChI=1S/C26H21ClFNO3S/c1-16-8-3-4-9-17(16)14-32-24-18-10-5-6-13-22(18)29-25(23(24)26(30)31-2)33-15-19-20(27)11-7-12-21(19)28/h3-13H,14-15H2,1-2H3. The molecule has 0 atom stereocenters. The zero-order valence-electron chi connectivity index (χ0n) is 18.1. The number of halogens is 2. The summed E-state index contributed by atoms with van der Waals surface area (Å²) in [4.78, 5) is 17.5. The number of aryl methyl sites for hydroxylation is 1. The Morgan fingerprint density at radius 1 is 1.06 bits per heavy atom. The van der Waals surface area contributed by atoms with Gasteiger partial charge in [-0.05, 0) is 42.3 Å². The molecule has 1 heterocycles. The predicted octanol–water partition coefficient (Wildman–Crippen LogP) is 6.99. The molecular formula is C26H21ClFNO3S. The Labute approximate surface area is 200 Å². The van der Waals surface area contributed by atoms with E-state index in [0.29, 0.717) is 32.3 Å². The van der Waals surface area contributed by atoms with Gasteiger partial charge in [0.05, 0.1) is 12.6 Å². The molecule has 0 N–H and O–H groups in total. The summed E-state index contributed by atoms with van der Waals surface area (Å²) >= 11 is 7.40. The van der Waals surface area contributed by atoms with Gasteiger partial charge in [0.15, 0.2) is 0 Å². The van der Waals surface area contributed by atoms with Crippen molar-refractivity contribution in [3.8, 4) is 5.75 Å². The number of ether oxygens (including phenoxy) is 2. The minimum absolute atomic E-state index is 0.193. The van der Waals surface area contributed by atoms with Crippen LogP contribution in [0.2, 0.25) is 5.02 Å². The van der Waals surface area contributed by atoms with Crippen molar-refractivity contribution in [2.45, 2.75) is 24.3 Å². The molecule has 33 heavy (non-hydrogen) atoms. The number of rotatable bonds is 7. The molecule has 0 aliphatic rings. The molecule has 7 heteroatoms. The third-order valence-electron chi connectivity index (χ3n) is 5.25. The maximum absolute atomic E-state index is 14.3. The highest BCUT2D eigenvalue weighted by Crippen LogP contribution is 2.38. The van der Waals surface area contributed by atoms with E-state index in [0.717, 1.165) is 11.1 Å². The van der Waals surface area contributed by atoms with Gasteiger partial charge in [0.1, 0.15) is 28.8 Å². The Morgan fingerprint density at radius 2 is 1.82 bits per heavy atom. The maximum Gasteiger partial charge on any atom is 0.344 e. The monoisotopic (exact) mass is 481 g/mol. The van der Waals surface area contributed by atoms with E-state index in [4.69, 9.17) is 21.1 Å². The van der Waals surface area contributed by atoms with E-state index < -0.39 is 11.8 Å². The molecule has 4 aromatic rings. The largest absolute Gasteiger partial charge is 0.487 e. The van der Waals surface area contributed by atoms with Gasteiger partial charge in [-0.15, -0.1) is 11.8 Å². The fourth-order valence-electron chi connectivity index (χ4n) is 3.43. The average Bonchev–Trinajstić information content (AvgIpc) is 2.82. The van der Waals surface area contributed by atoms with Gasteiger partial charge >= 0.3 is 5.97 Å². The summed E-state index contributed by atoms with van der Waals surface area (Å²) in [5, 5.41) is 1.40. The summed E-state index contributed by atoms with van der Waals surface area (Å²) < 4.78 is 25.6. The number of nitrogens with zero attached hydrogens (tertiary/aromatic N) is 1. The number of esters is 1. The fourth-order valence-corrected chi connectivity index (χ4v) is 4.80. The topological polar surface area (TPSA) is 48.4 Å². The Kier molecular flexibility index (Phi) is 7.16. The van der Waals surface area contributed by atoms with Gasteiger partial charge in [0.2, 0.25) is 0 Å². The van der Waals surface area contributed by atoms with E-state index in [1.807, 2.05) is 55.5 Å². The first-order chi connectivity index (χ1) is 16.0. The summed E-state index contributed by atoms with van der Waals surface area (Å²) in [5.74, 6) is -0.405. The van der Waals surface area contributed by atoms with E-state index in [1.165, 1.54) is 24.9 Å². The second kappa shape index (κ2) is 10.2. The molecule has 168 valence electrons. The van der Waals surface area contributed by atoms with Crippen molar-refractivity contribution >= 4 is 40.2 Å². The van der Waals surface area contributed by atoms with E-state index in [-0.39, 0.29) is 17.9 Å². The highest BCUT2D eigenvalue weighted by molar-refractivity contribution is 7.98. The Morgan fingerprint density at radius 3 is 2.58 bits per heavy atom. The summed E-state index contributed by atoms with van der Waals surface area (Å²) in [6.07, 6.45) is 0. The summed E-state index contributed by atoms with van der Waals surface area (Å²) in [6.45, 7) is 2.28. The number of pyridine rings is 1. The van der Waals surface area contributed by atoms with Gasteiger partial charge in [0.25, 0.3) is 0 Å². The number of carbonyl (C=O) groups excluding carboxylic acids is 1. The van der Waals surface area contributed by atoms with Gasteiger partial charge in [-0.2, -0.15) is 0 Å². The van der Waals surface area contributed by atoms with Crippen LogP contribution in [0.1, 0.15) is 27.0 Å². The Hall–Kier alpha value is -3.09. The number of thioether (sulfide) groups is 1. The van der Waals surface area contributed by atoms with E-state index in [1.54, 1.807) is 12.1 Å². The zero-order valence-corrected chi connectivity index (χ0v) is 19.7. The van der Waals surface area contributed by atoms with E-state index in [9.17, 15) is 9.18 Å². The minimum Gasteiger partial charge on any atom is -0.487 e. The molecule has 4 nitrogen and oxygen atoms in total. The van der Waals surface area contributed by atoms with Crippen LogP contribution in [0.4, 0.5) is 4.39 Å². The number of hydrogen-bond acceptors (Lipinski definition) is 5. The van der Waals surface area contributed by atoms with Crippen LogP contribution >= 0.6 is 23.4 Å². The molecule has 0 radical (unpaired) electrons. The van der Waals surface area contributed by atoms with Gasteiger partial charge in [-0.1, -0.05) is 54.1 Å². The number of fused-ring (bicyclic) bond motifs is 1. The Bertz CT molecular complexity index is 1310. The summed E-state index contributed by atoms with van der Waals surface area (Å²) in [7, 11) is 1.31. The second-order valence-corrected chi connectivity index (χ2v) is 8.71. The van der Waals surface area contributed by atoms with Crippen LogP contribution < -0.4 is 4.74 Å². The lowest BCUT2D eigenvalue weighted by atomic mass is 10.1. The molecule has 0 saturated heterocycles. The maximum atomic E-state index is 14.3. The Balaban J connectivity index is 1.79. The van der Waals surface area contributed by atoms with E-state index >= 15 is 0 Å². The van der Waals surface area contributed by atoms with Crippen molar-refractivity contribution in [1.29, 1.82) is 0 Å². The van der Waals surface area contributed by atoms with Gasteiger partial charge in [-0.3, -0.25) is 0 Å². The SMILES string of the molecule is COC(=O)c1c(SCc2c(F)cccc2Cl)nc2ccccc2c1OCc1ccccc1C. The molecule has 0 saturated carbocycles. The molecule has 0 spiro atoms. The van der Waals surface area contributed by atoms with Gasteiger partial charge in [-0.25, -0.2) is 14.2 Å². The van der Waals surface area contributed by atoms with Crippen molar-refractivity contribution < 1.29 is 18.7 Å². The highest BCUT2D eigenvalue weighted by atomic mass is 35.5. The molecule has 4 rings (SSSR count). The smallest absolute Gasteiger partial charge is 0.344 e.